The van der Waals surface area contributed by atoms with Crippen molar-refractivity contribution in [2.24, 2.45) is 5.41 Å². The van der Waals surface area contributed by atoms with E-state index in [4.69, 9.17) is 0 Å². The van der Waals surface area contributed by atoms with E-state index < -0.39 is 11.4 Å². The van der Waals surface area contributed by atoms with Gasteiger partial charge in [0.2, 0.25) is 5.91 Å². The molecule has 0 saturated carbocycles. The highest BCUT2D eigenvalue weighted by Gasteiger charge is 2.34. The fourth-order valence-electron chi connectivity index (χ4n) is 2.66. The zero-order valence-electron chi connectivity index (χ0n) is 14.2. The number of hydrogen-bond donors (Lipinski definition) is 2. The Kier molecular flexibility index (Phi) is 6.31. The normalized spacial score (nSPS) is 11.6. The van der Waals surface area contributed by atoms with E-state index in [9.17, 15) is 14.7 Å². The van der Waals surface area contributed by atoms with Gasteiger partial charge in [0.1, 0.15) is 0 Å². The van der Waals surface area contributed by atoms with Crippen LogP contribution < -0.4 is 5.32 Å². The highest BCUT2D eigenvalue weighted by Crippen LogP contribution is 2.26. The van der Waals surface area contributed by atoms with Crippen LogP contribution in [0.25, 0.3) is 10.2 Å². The number of aromatic nitrogens is 1. The molecule has 2 N–H and O–H groups in total. The maximum absolute atomic E-state index is 12.0. The van der Waals surface area contributed by atoms with E-state index in [-0.39, 0.29) is 12.5 Å². The minimum absolute atomic E-state index is 0.0939. The lowest BCUT2D eigenvalue weighted by molar-refractivity contribution is -0.149. The highest BCUT2D eigenvalue weighted by atomic mass is 32.1. The molecular formula is C18H24N2O3S. The van der Waals surface area contributed by atoms with Gasteiger partial charge in [0.25, 0.3) is 0 Å². The molecule has 5 nitrogen and oxygen atoms in total. The van der Waals surface area contributed by atoms with Gasteiger partial charge in [0.05, 0.1) is 20.6 Å². The van der Waals surface area contributed by atoms with Crippen molar-refractivity contribution in [3.8, 4) is 0 Å². The standard InChI is InChI=1S/C18H24N2O3S/c1-3-18(4-2,17(22)23)12-19-15(21)10-7-11-16-20-13-8-5-6-9-14(13)24-16/h5-6,8-9H,3-4,7,10-12H2,1-2H3,(H,19,21)(H,22,23). The van der Waals surface area contributed by atoms with Gasteiger partial charge in [0, 0.05) is 13.0 Å². The van der Waals surface area contributed by atoms with Crippen LogP contribution in [0.5, 0.6) is 0 Å². The summed E-state index contributed by atoms with van der Waals surface area (Å²) in [7, 11) is 0. The van der Waals surface area contributed by atoms with Crippen molar-refractivity contribution < 1.29 is 14.7 Å². The molecule has 1 heterocycles. The number of para-hydroxylation sites is 1. The molecule has 6 heteroatoms. The Hall–Kier alpha value is -1.95. The third-order valence-corrected chi connectivity index (χ3v) is 5.66. The van der Waals surface area contributed by atoms with Crippen molar-refractivity contribution >= 4 is 33.4 Å². The first kappa shape index (κ1) is 18.4. The van der Waals surface area contributed by atoms with Crippen molar-refractivity contribution in [3.63, 3.8) is 0 Å². The monoisotopic (exact) mass is 348 g/mol. The lowest BCUT2D eigenvalue weighted by Crippen LogP contribution is -2.42. The van der Waals surface area contributed by atoms with Crippen molar-refractivity contribution in [3.05, 3.63) is 29.3 Å². The Balaban J connectivity index is 1.79. The molecule has 0 aliphatic carbocycles. The van der Waals surface area contributed by atoms with Crippen molar-refractivity contribution in [1.82, 2.24) is 10.3 Å². The summed E-state index contributed by atoms with van der Waals surface area (Å²) in [4.78, 5) is 28.0. The minimum atomic E-state index is -0.858. The van der Waals surface area contributed by atoms with Gasteiger partial charge in [-0.1, -0.05) is 26.0 Å². The Labute approximate surface area is 146 Å². The summed E-state index contributed by atoms with van der Waals surface area (Å²) < 4.78 is 1.16. The van der Waals surface area contributed by atoms with E-state index in [2.05, 4.69) is 10.3 Å². The van der Waals surface area contributed by atoms with Gasteiger partial charge in [-0.05, 0) is 37.8 Å². The van der Waals surface area contributed by atoms with Crippen molar-refractivity contribution in [2.45, 2.75) is 46.0 Å². The quantitative estimate of drug-likeness (QED) is 0.725. The molecule has 0 atom stereocenters. The summed E-state index contributed by atoms with van der Waals surface area (Å²) in [6.07, 6.45) is 2.87. The number of thiazole rings is 1. The molecule has 2 aromatic rings. The Morgan fingerprint density at radius 3 is 2.58 bits per heavy atom. The average Bonchev–Trinajstić information content (AvgIpc) is 2.98. The molecule has 24 heavy (non-hydrogen) atoms. The van der Waals surface area contributed by atoms with E-state index in [1.807, 2.05) is 38.1 Å². The van der Waals surface area contributed by atoms with Gasteiger partial charge in [-0.3, -0.25) is 9.59 Å². The van der Waals surface area contributed by atoms with Crippen LogP contribution in [0.3, 0.4) is 0 Å². The number of amides is 1. The molecule has 1 amide bonds. The topological polar surface area (TPSA) is 79.3 Å². The minimum Gasteiger partial charge on any atom is -0.481 e. The Morgan fingerprint density at radius 2 is 1.96 bits per heavy atom. The second-order valence-corrected chi connectivity index (χ2v) is 7.11. The fraction of sp³-hybridized carbons (Fsp3) is 0.500. The largest absolute Gasteiger partial charge is 0.481 e. The van der Waals surface area contributed by atoms with Crippen LogP contribution in [0, 0.1) is 5.41 Å². The van der Waals surface area contributed by atoms with Gasteiger partial charge < -0.3 is 10.4 Å². The summed E-state index contributed by atoms with van der Waals surface area (Å²) in [6, 6.07) is 8.00. The van der Waals surface area contributed by atoms with E-state index in [0.29, 0.717) is 25.7 Å². The van der Waals surface area contributed by atoms with Crippen LogP contribution in [0.2, 0.25) is 0 Å². The van der Waals surface area contributed by atoms with E-state index in [1.165, 1.54) is 0 Å². The first-order valence-electron chi connectivity index (χ1n) is 8.35. The number of carboxylic acids is 1. The molecule has 2 rings (SSSR count). The second kappa shape index (κ2) is 8.24. The predicted octanol–water partition coefficient (Wildman–Crippen LogP) is 3.63. The number of rotatable bonds is 9. The number of carbonyl (C=O) groups excluding carboxylic acids is 1. The van der Waals surface area contributed by atoms with Gasteiger partial charge >= 0.3 is 5.97 Å². The number of aryl methyl sites for hydroxylation is 1. The number of benzene rings is 1. The third-order valence-electron chi connectivity index (χ3n) is 4.56. The first-order valence-corrected chi connectivity index (χ1v) is 9.17. The fourth-order valence-corrected chi connectivity index (χ4v) is 3.67. The highest BCUT2D eigenvalue weighted by molar-refractivity contribution is 7.18. The molecule has 0 unspecified atom stereocenters. The molecule has 0 radical (unpaired) electrons. The third kappa shape index (κ3) is 4.32. The van der Waals surface area contributed by atoms with E-state index >= 15 is 0 Å². The Morgan fingerprint density at radius 1 is 1.25 bits per heavy atom. The number of nitrogens with zero attached hydrogens (tertiary/aromatic N) is 1. The number of nitrogens with one attached hydrogen (secondary N) is 1. The van der Waals surface area contributed by atoms with Crippen LogP contribution >= 0.6 is 11.3 Å². The van der Waals surface area contributed by atoms with Crippen LogP contribution in [0.4, 0.5) is 0 Å². The smallest absolute Gasteiger partial charge is 0.311 e. The number of fused-ring (bicyclic) bond motifs is 1. The van der Waals surface area contributed by atoms with Crippen LogP contribution in [0.1, 0.15) is 44.5 Å². The van der Waals surface area contributed by atoms with Gasteiger partial charge in [-0.25, -0.2) is 4.98 Å². The summed E-state index contributed by atoms with van der Waals surface area (Å²) in [5.74, 6) is -0.939. The van der Waals surface area contributed by atoms with Crippen LogP contribution in [-0.2, 0) is 16.0 Å². The van der Waals surface area contributed by atoms with Crippen molar-refractivity contribution in [1.29, 1.82) is 0 Å². The van der Waals surface area contributed by atoms with Gasteiger partial charge in [-0.15, -0.1) is 11.3 Å². The predicted molar refractivity (Wildman–Crippen MR) is 96.2 cm³/mol. The molecule has 0 aliphatic rings. The number of aliphatic carboxylic acids is 1. The zero-order valence-corrected chi connectivity index (χ0v) is 15.0. The lowest BCUT2D eigenvalue weighted by Gasteiger charge is -2.26. The molecule has 1 aromatic carbocycles. The molecule has 1 aromatic heterocycles. The summed E-state index contributed by atoms with van der Waals surface area (Å²) >= 11 is 1.66. The molecule has 0 bridgehead atoms. The van der Waals surface area contributed by atoms with Crippen LogP contribution in [-0.4, -0.2) is 28.5 Å². The molecular weight excluding hydrogens is 324 g/mol. The SMILES string of the molecule is CCC(CC)(CNC(=O)CCCc1nc2ccccc2s1)C(=O)O. The average molecular weight is 348 g/mol. The van der Waals surface area contributed by atoms with E-state index in [0.717, 1.165) is 21.6 Å². The van der Waals surface area contributed by atoms with Gasteiger partial charge in [0.15, 0.2) is 0 Å². The maximum Gasteiger partial charge on any atom is 0.311 e. The number of carbonyl (C=O) groups is 2. The molecule has 0 fully saturated rings. The Bertz CT molecular complexity index is 674. The van der Waals surface area contributed by atoms with E-state index in [1.54, 1.807) is 11.3 Å². The van der Waals surface area contributed by atoms with Gasteiger partial charge in [-0.2, -0.15) is 0 Å². The number of hydrogen-bond acceptors (Lipinski definition) is 4. The molecule has 0 spiro atoms. The maximum atomic E-state index is 12.0. The summed E-state index contributed by atoms with van der Waals surface area (Å²) in [6.45, 7) is 3.88. The molecule has 0 saturated heterocycles. The lowest BCUT2D eigenvalue weighted by atomic mass is 9.82. The molecule has 130 valence electrons. The summed E-state index contributed by atoms with van der Waals surface area (Å²) in [5, 5.41) is 13.2. The zero-order chi connectivity index (χ0) is 17.6. The first-order chi connectivity index (χ1) is 11.5. The van der Waals surface area contributed by atoms with Crippen molar-refractivity contribution in [2.75, 3.05) is 6.54 Å². The number of carboxylic acid groups (broad SMARTS) is 1. The van der Waals surface area contributed by atoms with Crippen LogP contribution in [0.15, 0.2) is 24.3 Å². The molecule has 0 aliphatic heterocycles. The second-order valence-electron chi connectivity index (χ2n) is 6.00. The summed E-state index contributed by atoms with van der Waals surface area (Å²) in [5.41, 5.74) is 0.141.